The Labute approximate surface area is 121 Å². The molecule has 0 saturated carbocycles. The summed E-state index contributed by atoms with van der Waals surface area (Å²) in [6.45, 7) is -0.219. The van der Waals surface area contributed by atoms with Crippen LogP contribution in [-0.2, 0) is 16.1 Å². The zero-order chi connectivity index (χ0) is 15.4. The molecule has 1 heterocycles. The smallest absolute Gasteiger partial charge is 0.327 e. The highest BCUT2D eigenvalue weighted by molar-refractivity contribution is 7.99. The minimum absolute atomic E-state index is 0.181. The maximum atomic E-state index is 13.3. The number of aromatic nitrogens is 4. The van der Waals surface area contributed by atoms with Crippen LogP contribution >= 0.6 is 11.8 Å². The summed E-state index contributed by atoms with van der Waals surface area (Å²) in [5, 5.41) is 21.5. The largest absolute Gasteiger partial charge is 0.468 e. The number of hydrogen-bond donors (Lipinski definition) is 0. The van der Waals surface area contributed by atoms with Gasteiger partial charge in [0.05, 0.1) is 18.1 Å². The third-order valence-electron chi connectivity index (χ3n) is 2.28. The number of halogens is 1. The highest BCUT2D eigenvalue weighted by atomic mass is 32.2. The molecule has 0 radical (unpaired) electrons. The Balaban J connectivity index is 2.24. The van der Waals surface area contributed by atoms with Gasteiger partial charge >= 0.3 is 5.97 Å². The fourth-order valence-electron chi connectivity index (χ4n) is 1.37. The molecule has 0 bridgehead atoms. The number of nitro groups is 1. The van der Waals surface area contributed by atoms with Crippen molar-refractivity contribution >= 4 is 23.4 Å². The number of tetrazole rings is 1. The number of benzene rings is 1. The van der Waals surface area contributed by atoms with Gasteiger partial charge in [0.15, 0.2) is 0 Å². The van der Waals surface area contributed by atoms with E-state index in [1.165, 1.54) is 13.2 Å². The topological polar surface area (TPSA) is 113 Å². The highest BCUT2D eigenvalue weighted by Gasteiger charge is 2.15. The van der Waals surface area contributed by atoms with Gasteiger partial charge in [-0.15, -0.1) is 5.10 Å². The number of non-ortho nitro benzene ring substituents is 1. The predicted octanol–water partition coefficient (Wildman–Crippen LogP) is 1.04. The Hall–Kier alpha value is -2.56. The molecule has 0 aliphatic rings. The van der Waals surface area contributed by atoms with Gasteiger partial charge in [0, 0.05) is 11.0 Å². The third kappa shape index (κ3) is 3.72. The molecule has 1 aromatic heterocycles. The zero-order valence-corrected chi connectivity index (χ0v) is 11.4. The van der Waals surface area contributed by atoms with Gasteiger partial charge in [0.2, 0.25) is 5.16 Å². The Morgan fingerprint density at radius 2 is 2.29 bits per heavy atom. The molecule has 1 aromatic carbocycles. The van der Waals surface area contributed by atoms with Gasteiger partial charge in [-0.3, -0.25) is 14.9 Å². The van der Waals surface area contributed by atoms with Gasteiger partial charge in [0.1, 0.15) is 12.4 Å². The van der Waals surface area contributed by atoms with E-state index in [0.717, 1.165) is 28.6 Å². The SMILES string of the molecule is COC(=O)Cn1nnnc1Sc1cc(F)cc([N+](=O)[O-])c1. The first-order valence-electron chi connectivity index (χ1n) is 5.45. The quantitative estimate of drug-likeness (QED) is 0.457. The van der Waals surface area contributed by atoms with Crippen molar-refractivity contribution < 1.29 is 18.8 Å². The van der Waals surface area contributed by atoms with Crippen LogP contribution in [0.15, 0.2) is 28.3 Å². The molecule has 0 fully saturated rings. The van der Waals surface area contributed by atoms with Crippen molar-refractivity contribution in [1.29, 1.82) is 0 Å². The Morgan fingerprint density at radius 3 is 2.95 bits per heavy atom. The maximum absolute atomic E-state index is 13.3. The molecule has 0 aliphatic heterocycles. The summed E-state index contributed by atoms with van der Waals surface area (Å²) in [6.07, 6.45) is 0. The number of rotatable bonds is 5. The lowest BCUT2D eigenvalue weighted by Gasteiger charge is -2.03. The molecule has 110 valence electrons. The van der Waals surface area contributed by atoms with Crippen molar-refractivity contribution in [2.24, 2.45) is 0 Å². The molecule has 11 heteroatoms. The first-order valence-corrected chi connectivity index (χ1v) is 6.27. The van der Waals surface area contributed by atoms with E-state index in [1.54, 1.807) is 0 Å². The molecule has 2 aromatic rings. The molecule has 0 unspecified atom stereocenters. The van der Waals surface area contributed by atoms with Gasteiger partial charge in [-0.1, -0.05) is 0 Å². The van der Waals surface area contributed by atoms with Crippen molar-refractivity contribution in [3.8, 4) is 0 Å². The lowest BCUT2D eigenvalue weighted by atomic mass is 10.3. The summed E-state index contributed by atoms with van der Waals surface area (Å²) < 4.78 is 19.0. The summed E-state index contributed by atoms with van der Waals surface area (Å²) in [7, 11) is 1.22. The van der Waals surface area contributed by atoms with Crippen LogP contribution in [0.1, 0.15) is 0 Å². The van der Waals surface area contributed by atoms with Crippen molar-refractivity contribution in [1.82, 2.24) is 20.2 Å². The second-order valence-electron chi connectivity index (χ2n) is 3.70. The molecule has 0 amide bonds. The molecule has 0 aliphatic carbocycles. The molecule has 0 atom stereocenters. The van der Waals surface area contributed by atoms with Crippen LogP contribution in [0.3, 0.4) is 0 Å². The number of methoxy groups -OCH3 is 1. The predicted molar refractivity (Wildman–Crippen MR) is 67.0 cm³/mol. The van der Waals surface area contributed by atoms with Gasteiger partial charge < -0.3 is 4.74 Å². The van der Waals surface area contributed by atoms with E-state index in [9.17, 15) is 19.3 Å². The summed E-state index contributed by atoms with van der Waals surface area (Å²) in [4.78, 5) is 21.4. The minimum atomic E-state index is -0.751. The molecule has 0 saturated heterocycles. The number of carbonyl (C=O) groups excluding carboxylic acids is 1. The molecule has 0 spiro atoms. The van der Waals surface area contributed by atoms with E-state index in [2.05, 4.69) is 20.3 Å². The first kappa shape index (κ1) is 14.8. The lowest BCUT2D eigenvalue weighted by Crippen LogP contribution is -2.13. The van der Waals surface area contributed by atoms with E-state index in [-0.39, 0.29) is 22.3 Å². The number of ether oxygens (including phenoxy) is 1. The number of esters is 1. The normalized spacial score (nSPS) is 10.4. The maximum Gasteiger partial charge on any atom is 0.327 e. The number of nitro benzene ring substituents is 1. The molecular formula is C10H8FN5O4S. The van der Waals surface area contributed by atoms with Crippen LogP contribution < -0.4 is 0 Å². The average molecular weight is 313 g/mol. The lowest BCUT2D eigenvalue weighted by molar-refractivity contribution is -0.385. The standard InChI is InChI=1S/C10H8FN5O4S/c1-20-9(17)5-15-10(12-13-14-15)21-8-3-6(11)2-7(4-8)16(18)19/h2-4H,5H2,1H3. The molecular weight excluding hydrogens is 305 g/mol. The number of nitrogens with zero attached hydrogens (tertiary/aromatic N) is 5. The third-order valence-corrected chi connectivity index (χ3v) is 3.23. The van der Waals surface area contributed by atoms with Crippen LogP contribution in [0.4, 0.5) is 10.1 Å². The minimum Gasteiger partial charge on any atom is -0.468 e. The van der Waals surface area contributed by atoms with Crippen LogP contribution in [-0.4, -0.2) is 38.2 Å². The molecule has 2 rings (SSSR count). The molecule has 9 nitrogen and oxygen atoms in total. The van der Waals surface area contributed by atoms with Crippen LogP contribution in [0, 0.1) is 15.9 Å². The fraction of sp³-hybridized carbons (Fsp3) is 0.200. The van der Waals surface area contributed by atoms with E-state index in [0.29, 0.717) is 0 Å². The van der Waals surface area contributed by atoms with Crippen LogP contribution in [0.5, 0.6) is 0 Å². The van der Waals surface area contributed by atoms with Crippen LogP contribution in [0.2, 0.25) is 0 Å². The van der Waals surface area contributed by atoms with Crippen molar-refractivity contribution in [2.75, 3.05) is 7.11 Å². The van der Waals surface area contributed by atoms with Crippen molar-refractivity contribution in [3.63, 3.8) is 0 Å². The molecule has 21 heavy (non-hydrogen) atoms. The summed E-state index contributed by atoms with van der Waals surface area (Å²) in [5.41, 5.74) is -0.385. The van der Waals surface area contributed by atoms with E-state index in [4.69, 9.17) is 0 Å². The fourth-order valence-corrected chi connectivity index (χ4v) is 2.22. The van der Waals surface area contributed by atoms with Gasteiger partial charge in [0.25, 0.3) is 5.69 Å². The van der Waals surface area contributed by atoms with E-state index in [1.807, 2.05) is 0 Å². The Bertz CT molecular complexity index is 692. The summed E-state index contributed by atoms with van der Waals surface area (Å²) in [6, 6.07) is 3.10. The number of carbonyl (C=O) groups is 1. The van der Waals surface area contributed by atoms with E-state index >= 15 is 0 Å². The second-order valence-corrected chi connectivity index (χ2v) is 4.74. The van der Waals surface area contributed by atoms with Crippen molar-refractivity contribution in [3.05, 3.63) is 34.1 Å². The second kappa shape index (κ2) is 6.26. The summed E-state index contributed by atoms with van der Waals surface area (Å²) >= 11 is 0.894. The Morgan fingerprint density at radius 1 is 1.52 bits per heavy atom. The van der Waals surface area contributed by atoms with Gasteiger partial charge in [-0.05, 0) is 28.3 Å². The average Bonchev–Trinajstić information content (AvgIpc) is 2.85. The van der Waals surface area contributed by atoms with Crippen LogP contribution in [0.25, 0.3) is 0 Å². The monoisotopic (exact) mass is 313 g/mol. The van der Waals surface area contributed by atoms with Gasteiger partial charge in [-0.2, -0.15) is 0 Å². The zero-order valence-electron chi connectivity index (χ0n) is 10.6. The van der Waals surface area contributed by atoms with Gasteiger partial charge in [-0.25, -0.2) is 9.07 Å². The molecule has 0 N–H and O–H groups in total. The highest BCUT2D eigenvalue weighted by Crippen LogP contribution is 2.29. The Kier molecular flexibility index (Phi) is 4.42. The summed E-state index contributed by atoms with van der Waals surface area (Å²) in [5.74, 6) is -1.31. The first-order chi connectivity index (χ1) is 9.99. The van der Waals surface area contributed by atoms with E-state index < -0.39 is 16.7 Å². The van der Waals surface area contributed by atoms with Crippen molar-refractivity contribution in [2.45, 2.75) is 16.6 Å². The number of hydrogen-bond acceptors (Lipinski definition) is 8.